The lowest BCUT2D eigenvalue weighted by Gasteiger charge is -2.02. The molecular formula is C14H13N3OS. The molecule has 3 aromatic rings. The third-order valence-corrected chi connectivity index (χ3v) is 3.46. The number of hydrogen-bond donors (Lipinski definition) is 0. The van der Waals surface area contributed by atoms with Crippen LogP contribution in [-0.4, -0.2) is 14.8 Å². The molecule has 0 atom stereocenters. The van der Waals surface area contributed by atoms with Crippen molar-refractivity contribution < 1.29 is 4.74 Å². The Hall–Kier alpha value is -2.14. The van der Waals surface area contributed by atoms with Crippen molar-refractivity contribution in [2.45, 2.75) is 13.2 Å². The monoisotopic (exact) mass is 271 g/mol. The first-order valence-electron chi connectivity index (χ1n) is 5.99. The second-order valence-electron chi connectivity index (χ2n) is 4.04. The first kappa shape index (κ1) is 11.9. The predicted molar refractivity (Wildman–Crippen MR) is 74.2 cm³/mol. The zero-order chi connectivity index (χ0) is 12.9. The van der Waals surface area contributed by atoms with Crippen LogP contribution in [-0.2, 0) is 13.2 Å². The van der Waals surface area contributed by atoms with Gasteiger partial charge in [-0.2, -0.15) is 5.10 Å². The van der Waals surface area contributed by atoms with Crippen molar-refractivity contribution in [3.05, 3.63) is 64.9 Å². The van der Waals surface area contributed by atoms with E-state index in [0.29, 0.717) is 13.2 Å². The maximum Gasteiger partial charge on any atom is 0.140 e. The van der Waals surface area contributed by atoms with E-state index in [1.165, 1.54) is 0 Å². The minimum atomic E-state index is 0.508. The third kappa shape index (κ3) is 3.20. The molecule has 1 aromatic carbocycles. The molecule has 0 bridgehead atoms. The Labute approximate surface area is 115 Å². The van der Waals surface area contributed by atoms with Gasteiger partial charge in [-0.25, -0.2) is 4.98 Å². The van der Waals surface area contributed by atoms with Gasteiger partial charge in [0.2, 0.25) is 0 Å². The second-order valence-corrected chi connectivity index (χ2v) is 4.98. The molecule has 0 saturated heterocycles. The van der Waals surface area contributed by atoms with Crippen molar-refractivity contribution >= 4 is 11.3 Å². The quantitative estimate of drug-likeness (QED) is 0.716. The summed E-state index contributed by atoms with van der Waals surface area (Å²) in [5.41, 5.74) is 1.01. The van der Waals surface area contributed by atoms with Crippen LogP contribution in [0, 0.1) is 0 Å². The van der Waals surface area contributed by atoms with E-state index < -0.39 is 0 Å². The molecule has 96 valence electrons. The van der Waals surface area contributed by atoms with Crippen molar-refractivity contribution in [3.8, 4) is 5.75 Å². The number of aromatic nitrogens is 3. The molecule has 3 rings (SSSR count). The normalized spacial score (nSPS) is 10.5. The molecule has 0 aliphatic rings. The predicted octanol–water partition coefficient (Wildman–Crippen LogP) is 2.97. The van der Waals surface area contributed by atoms with E-state index in [2.05, 4.69) is 10.1 Å². The number of para-hydroxylation sites is 1. The van der Waals surface area contributed by atoms with Crippen LogP contribution in [0.5, 0.6) is 5.75 Å². The summed E-state index contributed by atoms with van der Waals surface area (Å²) in [5, 5.41) is 7.19. The van der Waals surface area contributed by atoms with E-state index in [9.17, 15) is 0 Å². The summed E-state index contributed by atoms with van der Waals surface area (Å²) in [6, 6.07) is 11.7. The summed E-state index contributed by atoms with van der Waals surface area (Å²) in [5.74, 6) is 0.867. The highest BCUT2D eigenvalue weighted by Crippen LogP contribution is 2.15. The molecule has 0 radical (unpaired) electrons. The average molecular weight is 271 g/mol. The third-order valence-electron chi connectivity index (χ3n) is 2.59. The molecule has 0 N–H and O–H groups in total. The molecule has 0 fully saturated rings. The number of rotatable bonds is 5. The summed E-state index contributed by atoms with van der Waals surface area (Å²) in [7, 11) is 0. The maximum atomic E-state index is 5.67. The fourth-order valence-electron chi connectivity index (χ4n) is 1.71. The molecule has 0 aliphatic carbocycles. The molecule has 2 aromatic heterocycles. The largest absolute Gasteiger partial charge is 0.486 e. The molecule has 0 saturated carbocycles. The van der Waals surface area contributed by atoms with E-state index in [0.717, 1.165) is 16.5 Å². The summed E-state index contributed by atoms with van der Waals surface area (Å²) in [6.07, 6.45) is 3.70. The lowest BCUT2D eigenvalue weighted by molar-refractivity contribution is 0.305. The zero-order valence-electron chi connectivity index (χ0n) is 10.3. The highest BCUT2D eigenvalue weighted by atomic mass is 32.1. The van der Waals surface area contributed by atoms with Gasteiger partial charge in [-0.3, -0.25) is 4.68 Å². The molecule has 0 aliphatic heterocycles. The van der Waals surface area contributed by atoms with E-state index in [-0.39, 0.29) is 0 Å². The van der Waals surface area contributed by atoms with Crippen LogP contribution in [0.4, 0.5) is 0 Å². The van der Waals surface area contributed by atoms with Crippen molar-refractivity contribution in [2.24, 2.45) is 0 Å². The van der Waals surface area contributed by atoms with Crippen LogP contribution >= 0.6 is 11.3 Å². The van der Waals surface area contributed by atoms with Crippen LogP contribution in [0.15, 0.2) is 54.2 Å². The smallest absolute Gasteiger partial charge is 0.140 e. The van der Waals surface area contributed by atoms with Crippen molar-refractivity contribution in [1.82, 2.24) is 14.8 Å². The molecule has 19 heavy (non-hydrogen) atoms. The van der Waals surface area contributed by atoms with Gasteiger partial charge in [0.15, 0.2) is 0 Å². The van der Waals surface area contributed by atoms with E-state index in [1.54, 1.807) is 17.5 Å². The van der Waals surface area contributed by atoms with Gasteiger partial charge in [0, 0.05) is 17.8 Å². The van der Waals surface area contributed by atoms with Gasteiger partial charge < -0.3 is 4.74 Å². The Morgan fingerprint density at radius 1 is 1.16 bits per heavy atom. The number of ether oxygens (including phenoxy) is 1. The maximum absolute atomic E-state index is 5.67. The number of benzene rings is 1. The zero-order valence-corrected chi connectivity index (χ0v) is 11.1. The Kier molecular flexibility index (Phi) is 3.56. The van der Waals surface area contributed by atoms with Crippen LogP contribution in [0.25, 0.3) is 0 Å². The van der Waals surface area contributed by atoms with Crippen molar-refractivity contribution in [1.29, 1.82) is 0 Å². The Morgan fingerprint density at radius 2 is 2.05 bits per heavy atom. The van der Waals surface area contributed by atoms with Gasteiger partial charge in [0.05, 0.1) is 12.2 Å². The fraction of sp³-hybridized carbons (Fsp3) is 0.143. The fourth-order valence-corrected chi connectivity index (χ4v) is 2.41. The van der Waals surface area contributed by atoms with Crippen molar-refractivity contribution in [3.63, 3.8) is 0 Å². The minimum Gasteiger partial charge on any atom is -0.486 e. The topological polar surface area (TPSA) is 39.9 Å². The minimum absolute atomic E-state index is 0.508. The molecule has 0 amide bonds. The Balaban J connectivity index is 1.59. The number of thiazole rings is 1. The molecule has 0 spiro atoms. The van der Waals surface area contributed by atoms with Gasteiger partial charge in [-0.15, -0.1) is 11.3 Å². The highest BCUT2D eigenvalue weighted by Gasteiger charge is 2.04. The molecule has 4 nitrogen and oxygen atoms in total. The molecule has 0 unspecified atom stereocenters. The first-order valence-corrected chi connectivity index (χ1v) is 6.87. The van der Waals surface area contributed by atoms with Crippen molar-refractivity contribution in [2.75, 3.05) is 0 Å². The molecular weight excluding hydrogens is 258 g/mol. The van der Waals surface area contributed by atoms with Gasteiger partial charge in [-0.05, 0) is 18.2 Å². The van der Waals surface area contributed by atoms with E-state index in [1.807, 2.05) is 52.7 Å². The lowest BCUT2D eigenvalue weighted by Crippen LogP contribution is -2.01. The highest BCUT2D eigenvalue weighted by molar-refractivity contribution is 7.09. The summed E-state index contributed by atoms with van der Waals surface area (Å²) in [6.45, 7) is 1.21. The summed E-state index contributed by atoms with van der Waals surface area (Å²) < 4.78 is 7.52. The van der Waals surface area contributed by atoms with Gasteiger partial charge >= 0.3 is 0 Å². The van der Waals surface area contributed by atoms with Gasteiger partial charge in [0.25, 0.3) is 0 Å². The Morgan fingerprint density at radius 3 is 2.84 bits per heavy atom. The summed E-state index contributed by atoms with van der Waals surface area (Å²) in [4.78, 5) is 4.53. The SMILES string of the molecule is c1ccc(OCc2nc(Cn3cccn3)cs2)cc1. The average Bonchev–Trinajstić information content (AvgIpc) is 3.10. The van der Waals surface area contributed by atoms with E-state index >= 15 is 0 Å². The van der Waals surface area contributed by atoms with Gasteiger partial charge in [-0.1, -0.05) is 18.2 Å². The number of nitrogens with zero attached hydrogens (tertiary/aromatic N) is 3. The van der Waals surface area contributed by atoms with Gasteiger partial charge in [0.1, 0.15) is 17.4 Å². The summed E-state index contributed by atoms with van der Waals surface area (Å²) >= 11 is 1.61. The van der Waals surface area contributed by atoms with Crippen LogP contribution in [0.3, 0.4) is 0 Å². The Bertz CT molecular complexity index is 619. The van der Waals surface area contributed by atoms with Crippen LogP contribution in [0.2, 0.25) is 0 Å². The standard InChI is InChI=1S/C14H13N3OS/c1-2-5-13(6-3-1)18-10-14-16-12(11-19-14)9-17-8-4-7-15-17/h1-8,11H,9-10H2. The number of hydrogen-bond acceptors (Lipinski definition) is 4. The first-order chi connectivity index (χ1) is 9.40. The van der Waals surface area contributed by atoms with Crippen LogP contribution in [0.1, 0.15) is 10.7 Å². The van der Waals surface area contributed by atoms with Crippen LogP contribution < -0.4 is 4.74 Å². The molecule has 5 heteroatoms. The molecule has 2 heterocycles. The second kappa shape index (κ2) is 5.67. The van der Waals surface area contributed by atoms with E-state index in [4.69, 9.17) is 4.74 Å². The lowest BCUT2D eigenvalue weighted by atomic mass is 10.3.